The van der Waals surface area contributed by atoms with Crippen LogP contribution in [-0.4, -0.2) is 42.5 Å². The number of halogens is 2. The van der Waals surface area contributed by atoms with Crippen LogP contribution in [0.25, 0.3) is 0 Å². The minimum atomic E-state index is 0.132. The van der Waals surface area contributed by atoms with Crippen LogP contribution in [0.15, 0.2) is 45.9 Å². The minimum Gasteiger partial charge on any atom is -0.506 e. The summed E-state index contributed by atoms with van der Waals surface area (Å²) < 4.78 is 5.92. The Hall–Kier alpha value is -1.40. The number of morpholine rings is 1. The quantitative estimate of drug-likeness (QED) is 0.762. The van der Waals surface area contributed by atoms with Crippen LogP contribution in [0.1, 0.15) is 11.1 Å². The average molecular weight is 410 g/mol. The number of ether oxygens (including phenoxy) is 1. The molecule has 0 unspecified atom stereocenters. The molecule has 0 amide bonds. The number of phenols is 1. The van der Waals surface area contributed by atoms with Crippen LogP contribution >= 0.6 is 27.5 Å². The van der Waals surface area contributed by atoms with E-state index in [1.165, 1.54) is 5.56 Å². The summed E-state index contributed by atoms with van der Waals surface area (Å²) in [5.41, 5.74) is 2.66. The molecule has 0 atom stereocenters. The highest BCUT2D eigenvalue weighted by Crippen LogP contribution is 2.30. The standard InChI is InChI=1S/C18H18BrClN2O2/c19-17-10-15(20)9-14(18(17)23)11-21-16-3-1-13(2-4-16)12-22-5-7-24-8-6-22/h1-4,9-11,23H,5-8,12H2. The van der Waals surface area contributed by atoms with E-state index in [-0.39, 0.29) is 5.75 Å². The summed E-state index contributed by atoms with van der Waals surface area (Å²) in [7, 11) is 0. The smallest absolute Gasteiger partial charge is 0.138 e. The normalized spacial score (nSPS) is 15.9. The second-order valence-electron chi connectivity index (χ2n) is 5.64. The minimum absolute atomic E-state index is 0.132. The second-order valence-corrected chi connectivity index (χ2v) is 6.93. The van der Waals surface area contributed by atoms with Crippen molar-refractivity contribution in [2.24, 2.45) is 4.99 Å². The number of phenolic OH excluding ortho intramolecular Hbond substituents is 1. The van der Waals surface area contributed by atoms with E-state index >= 15 is 0 Å². The Bertz CT molecular complexity index is 729. The van der Waals surface area contributed by atoms with Gasteiger partial charge in [-0.2, -0.15) is 0 Å². The van der Waals surface area contributed by atoms with Crippen molar-refractivity contribution >= 4 is 39.4 Å². The maximum absolute atomic E-state index is 10.0. The Morgan fingerprint density at radius 3 is 2.62 bits per heavy atom. The molecule has 0 aliphatic carbocycles. The van der Waals surface area contributed by atoms with Gasteiger partial charge in [-0.1, -0.05) is 23.7 Å². The molecule has 24 heavy (non-hydrogen) atoms. The van der Waals surface area contributed by atoms with Gasteiger partial charge in [0.2, 0.25) is 0 Å². The molecular formula is C18H18BrClN2O2. The molecule has 1 N–H and O–H groups in total. The largest absolute Gasteiger partial charge is 0.506 e. The molecule has 0 saturated carbocycles. The van der Waals surface area contributed by atoms with Crippen LogP contribution in [0.4, 0.5) is 5.69 Å². The van der Waals surface area contributed by atoms with Crippen LogP contribution in [-0.2, 0) is 11.3 Å². The van der Waals surface area contributed by atoms with E-state index in [1.807, 2.05) is 12.1 Å². The van der Waals surface area contributed by atoms with Crippen molar-refractivity contribution < 1.29 is 9.84 Å². The monoisotopic (exact) mass is 408 g/mol. The van der Waals surface area contributed by atoms with E-state index in [2.05, 4.69) is 38.0 Å². The summed E-state index contributed by atoms with van der Waals surface area (Å²) in [4.78, 5) is 6.79. The predicted molar refractivity (Wildman–Crippen MR) is 101 cm³/mol. The summed E-state index contributed by atoms with van der Waals surface area (Å²) in [5, 5.41) is 10.6. The molecule has 1 heterocycles. The fourth-order valence-corrected chi connectivity index (χ4v) is 3.37. The Morgan fingerprint density at radius 1 is 1.21 bits per heavy atom. The number of nitrogens with zero attached hydrogens (tertiary/aromatic N) is 2. The summed E-state index contributed by atoms with van der Waals surface area (Å²) >= 11 is 9.27. The van der Waals surface area contributed by atoms with Crippen LogP contribution in [0.3, 0.4) is 0 Å². The summed E-state index contributed by atoms with van der Waals surface area (Å²) in [5.74, 6) is 0.132. The van der Waals surface area contributed by atoms with Gasteiger partial charge in [0, 0.05) is 36.4 Å². The molecule has 3 rings (SSSR count). The van der Waals surface area contributed by atoms with Crippen LogP contribution in [0.2, 0.25) is 5.02 Å². The lowest BCUT2D eigenvalue weighted by Crippen LogP contribution is -2.35. The van der Waals surface area contributed by atoms with Crippen LogP contribution < -0.4 is 0 Å². The fourth-order valence-electron chi connectivity index (χ4n) is 2.53. The van der Waals surface area contributed by atoms with Gasteiger partial charge in [-0.15, -0.1) is 0 Å². The third-order valence-corrected chi connectivity index (χ3v) is 4.68. The van der Waals surface area contributed by atoms with Crippen molar-refractivity contribution in [2.75, 3.05) is 26.3 Å². The summed E-state index contributed by atoms with van der Waals surface area (Å²) in [6.45, 7) is 4.49. The molecule has 0 aromatic heterocycles. The van der Waals surface area contributed by atoms with E-state index in [0.717, 1.165) is 38.5 Å². The van der Waals surface area contributed by atoms with Crippen molar-refractivity contribution in [3.05, 3.63) is 57.0 Å². The van der Waals surface area contributed by atoms with Gasteiger partial charge in [0.15, 0.2) is 0 Å². The number of hydrogen-bond donors (Lipinski definition) is 1. The van der Waals surface area contributed by atoms with Gasteiger partial charge in [0.25, 0.3) is 0 Å². The Labute approximate surface area is 154 Å². The zero-order chi connectivity index (χ0) is 16.9. The Balaban J connectivity index is 1.67. The van der Waals surface area contributed by atoms with Gasteiger partial charge < -0.3 is 9.84 Å². The molecule has 1 aliphatic rings. The molecule has 2 aromatic rings. The lowest BCUT2D eigenvalue weighted by molar-refractivity contribution is 0.0342. The second kappa shape index (κ2) is 8.12. The van der Waals surface area contributed by atoms with Crippen molar-refractivity contribution in [1.82, 2.24) is 4.90 Å². The molecule has 0 bridgehead atoms. The topological polar surface area (TPSA) is 45.1 Å². The van der Waals surface area contributed by atoms with E-state index in [4.69, 9.17) is 16.3 Å². The Morgan fingerprint density at radius 2 is 1.92 bits per heavy atom. The van der Waals surface area contributed by atoms with E-state index in [1.54, 1.807) is 18.3 Å². The summed E-state index contributed by atoms with van der Waals surface area (Å²) in [6.07, 6.45) is 1.61. The zero-order valence-electron chi connectivity index (χ0n) is 13.1. The molecule has 0 radical (unpaired) electrons. The first-order chi connectivity index (χ1) is 11.6. The number of aromatic hydroxyl groups is 1. The molecular weight excluding hydrogens is 392 g/mol. The first kappa shape index (κ1) is 17.4. The van der Waals surface area contributed by atoms with Crippen molar-refractivity contribution in [1.29, 1.82) is 0 Å². The average Bonchev–Trinajstić information content (AvgIpc) is 2.59. The maximum Gasteiger partial charge on any atom is 0.138 e. The van der Waals surface area contributed by atoms with Gasteiger partial charge in [-0.05, 0) is 45.8 Å². The number of rotatable bonds is 4. The predicted octanol–water partition coefficient (Wildman–Crippen LogP) is 4.39. The molecule has 1 saturated heterocycles. The molecule has 1 aliphatic heterocycles. The highest BCUT2D eigenvalue weighted by Gasteiger charge is 2.10. The molecule has 0 spiro atoms. The first-order valence-corrected chi connectivity index (χ1v) is 8.90. The molecule has 6 heteroatoms. The number of hydrogen-bond acceptors (Lipinski definition) is 4. The highest BCUT2D eigenvalue weighted by molar-refractivity contribution is 9.10. The van der Waals surface area contributed by atoms with Gasteiger partial charge in [0.1, 0.15) is 5.75 Å². The number of aliphatic imine (C=N–C) groups is 1. The highest BCUT2D eigenvalue weighted by atomic mass is 79.9. The van der Waals surface area contributed by atoms with Crippen molar-refractivity contribution in [3.8, 4) is 5.75 Å². The first-order valence-electron chi connectivity index (χ1n) is 7.73. The van der Waals surface area contributed by atoms with Crippen LogP contribution in [0.5, 0.6) is 5.75 Å². The van der Waals surface area contributed by atoms with Gasteiger partial charge in [0.05, 0.1) is 23.4 Å². The number of benzene rings is 2. The van der Waals surface area contributed by atoms with E-state index in [9.17, 15) is 5.11 Å². The fraction of sp³-hybridized carbons (Fsp3) is 0.278. The van der Waals surface area contributed by atoms with Gasteiger partial charge in [-0.3, -0.25) is 9.89 Å². The molecule has 126 valence electrons. The lowest BCUT2D eigenvalue weighted by atomic mass is 10.2. The zero-order valence-corrected chi connectivity index (χ0v) is 15.4. The SMILES string of the molecule is Oc1c(Br)cc(Cl)cc1C=Nc1ccc(CN2CCOCC2)cc1. The van der Waals surface area contributed by atoms with E-state index in [0.29, 0.717) is 15.1 Å². The Kier molecular flexibility index (Phi) is 5.89. The molecule has 1 fully saturated rings. The lowest BCUT2D eigenvalue weighted by Gasteiger charge is -2.26. The van der Waals surface area contributed by atoms with E-state index < -0.39 is 0 Å². The maximum atomic E-state index is 10.0. The third-order valence-electron chi connectivity index (χ3n) is 3.86. The summed E-state index contributed by atoms with van der Waals surface area (Å²) in [6, 6.07) is 11.4. The molecule has 4 nitrogen and oxygen atoms in total. The third kappa shape index (κ3) is 4.57. The van der Waals surface area contributed by atoms with Gasteiger partial charge in [-0.25, -0.2) is 0 Å². The van der Waals surface area contributed by atoms with Crippen molar-refractivity contribution in [2.45, 2.75) is 6.54 Å². The van der Waals surface area contributed by atoms with Crippen molar-refractivity contribution in [3.63, 3.8) is 0 Å². The van der Waals surface area contributed by atoms with Crippen LogP contribution in [0, 0.1) is 0 Å². The molecule has 2 aromatic carbocycles. The van der Waals surface area contributed by atoms with Gasteiger partial charge >= 0.3 is 0 Å².